The molecule has 6 heteroatoms. The lowest BCUT2D eigenvalue weighted by atomic mass is 10.00. The van der Waals surface area contributed by atoms with Gasteiger partial charge in [0.15, 0.2) is 5.96 Å². The van der Waals surface area contributed by atoms with Crippen molar-refractivity contribution in [2.24, 2.45) is 4.99 Å². The van der Waals surface area contributed by atoms with Crippen molar-refractivity contribution in [1.29, 1.82) is 0 Å². The summed E-state index contributed by atoms with van der Waals surface area (Å²) in [5.41, 5.74) is 2.98. The SMILES string of the molecule is CN=C(NCCN1CCc2ccccc2C1)NCC1CCCO1.I. The number of nitrogens with zero attached hydrogens (tertiary/aromatic N) is 2. The Labute approximate surface area is 162 Å². The molecule has 1 unspecified atom stereocenters. The molecule has 1 saturated heterocycles. The molecule has 0 amide bonds. The van der Waals surface area contributed by atoms with Gasteiger partial charge >= 0.3 is 0 Å². The standard InChI is InChI=1S/C18H28N4O.HI/c1-19-18(21-13-17-7-4-12-23-17)20-9-11-22-10-8-15-5-2-3-6-16(15)14-22;/h2-3,5-6,17H,4,7-14H2,1H3,(H2,19,20,21);1H. The van der Waals surface area contributed by atoms with Gasteiger partial charge in [-0.1, -0.05) is 24.3 Å². The molecule has 134 valence electrons. The summed E-state index contributed by atoms with van der Waals surface area (Å²) in [5, 5.41) is 6.77. The molecule has 2 N–H and O–H groups in total. The molecule has 24 heavy (non-hydrogen) atoms. The number of hydrogen-bond acceptors (Lipinski definition) is 3. The topological polar surface area (TPSA) is 48.9 Å². The Morgan fingerprint density at radius 3 is 2.88 bits per heavy atom. The summed E-state index contributed by atoms with van der Waals surface area (Å²) in [5.74, 6) is 0.873. The van der Waals surface area contributed by atoms with Crippen molar-refractivity contribution in [3.05, 3.63) is 35.4 Å². The Hall–Kier alpha value is -0.860. The van der Waals surface area contributed by atoms with Gasteiger partial charge < -0.3 is 15.4 Å². The summed E-state index contributed by atoms with van der Waals surface area (Å²) >= 11 is 0. The Kier molecular flexibility index (Phi) is 8.28. The zero-order valence-electron chi connectivity index (χ0n) is 14.5. The maximum atomic E-state index is 5.63. The number of benzene rings is 1. The first-order chi connectivity index (χ1) is 11.3. The molecule has 0 radical (unpaired) electrons. The van der Waals surface area contributed by atoms with Gasteiger partial charge in [0, 0.05) is 46.4 Å². The minimum absolute atomic E-state index is 0. The molecule has 0 saturated carbocycles. The van der Waals surface area contributed by atoms with Crippen molar-refractivity contribution in [3.8, 4) is 0 Å². The lowest BCUT2D eigenvalue weighted by Crippen LogP contribution is -2.44. The summed E-state index contributed by atoms with van der Waals surface area (Å²) < 4.78 is 5.63. The van der Waals surface area contributed by atoms with Gasteiger partial charge in [-0.15, -0.1) is 24.0 Å². The number of rotatable bonds is 5. The molecule has 2 aliphatic rings. The second kappa shape index (κ2) is 10.2. The summed E-state index contributed by atoms with van der Waals surface area (Å²) in [4.78, 5) is 6.79. The Morgan fingerprint density at radius 1 is 1.29 bits per heavy atom. The number of nitrogens with one attached hydrogen (secondary N) is 2. The van der Waals surface area contributed by atoms with Crippen LogP contribution in [0.15, 0.2) is 29.3 Å². The lowest BCUT2D eigenvalue weighted by molar-refractivity contribution is 0.113. The highest BCUT2D eigenvalue weighted by atomic mass is 127. The number of hydrogen-bond donors (Lipinski definition) is 2. The van der Waals surface area contributed by atoms with E-state index in [0.717, 1.165) is 58.1 Å². The van der Waals surface area contributed by atoms with Crippen LogP contribution >= 0.6 is 24.0 Å². The average Bonchev–Trinajstić information content (AvgIpc) is 3.11. The molecule has 0 spiro atoms. The molecular formula is C18H29IN4O. The second-order valence-corrected chi connectivity index (χ2v) is 6.31. The number of halogens is 1. The maximum absolute atomic E-state index is 5.63. The van der Waals surface area contributed by atoms with Crippen molar-refractivity contribution >= 4 is 29.9 Å². The summed E-state index contributed by atoms with van der Waals surface area (Å²) in [7, 11) is 1.82. The van der Waals surface area contributed by atoms with Crippen LogP contribution in [0, 0.1) is 0 Å². The first-order valence-electron chi connectivity index (χ1n) is 8.70. The van der Waals surface area contributed by atoms with E-state index in [1.807, 2.05) is 7.05 Å². The summed E-state index contributed by atoms with van der Waals surface area (Å²) in [6.07, 6.45) is 3.82. The highest BCUT2D eigenvalue weighted by Crippen LogP contribution is 2.17. The molecular weight excluding hydrogens is 415 g/mol. The number of guanidine groups is 1. The van der Waals surface area contributed by atoms with Crippen molar-refractivity contribution < 1.29 is 4.74 Å². The van der Waals surface area contributed by atoms with Gasteiger partial charge in [-0.05, 0) is 30.4 Å². The summed E-state index contributed by atoms with van der Waals surface area (Å²) in [6.45, 7) is 5.88. The minimum Gasteiger partial charge on any atom is -0.376 e. The minimum atomic E-state index is 0. The Morgan fingerprint density at radius 2 is 2.12 bits per heavy atom. The van der Waals surface area contributed by atoms with E-state index < -0.39 is 0 Å². The van der Waals surface area contributed by atoms with E-state index in [-0.39, 0.29) is 24.0 Å². The van der Waals surface area contributed by atoms with E-state index in [1.54, 1.807) is 0 Å². The van der Waals surface area contributed by atoms with E-state index in [2.05, 4.69) is 44.8 Å². The van der Waals surface area contributed by atoms with E-state index in [9.17, 15) is 0 Å². The van der Waals surface area contributed by atoms with Gasteiger partial charge in [-0.25, -0.2) is 0 Å². The van der Waals surface area contributed by atoms with Gasteiger partial charge in [-0.2, -0.15) is 0 Å². The molecule has 2 heterocycles. The van der Waals surface area contributed by atoms with E-state index in [1.165, 1.54) is 17.5 Å². The second-order valence-electron chi connectivity index (χ2n) is 6.31. The van der Waals surface area contributed by atoms with Crippen molar-refractivity contribution in [2.75, 3.05) is 39.8 Å². The van der Waals surface area contributed by atoms with Crippen LogP contribution in [0.1, 0.15) is 24.0 Å². The third-order valence-electron chi connectivity index (χ3n) is 4.67. The first-order valence-corrected chi connectivity index (χ1v) is 8.70. The number of aliphatic imine (C=N–C) groups is 1. The predicted octanol–water partition coefficient (Wildman–Crippen LogP) is 2.01. The molecule has 0 aromatic heterocycles. The van der Waals surface area contributed by atoms with E-state index in [0.29, 0.717) is 6.10 Å². The largest absolute Gasteiger partial charge is 0.376 e. The van der Waals surface area contributed by atoms with Crippen LogP contribution in [0.5, 0.6) is 0 Å². The van der Waals surface area contributed by atoms with Crippen LogP contribution in [0.25, 0.3) is 0 Å². The van der Waals surface area contributed by atoms with Crippen LogP contribution in [0.4, 0.5) is 0 Å². The maximum Gasteiger partial charge on any atom is 0.191 e. The Balaban J connectivity index is 0.00000208. The van der Waals surface area contributed by atoms with Gasteiger partial charge in [0.05, 0.1) is 6.10 Å². The third-order valence-corrected chi connectivity index (χ3v) is 4.67. The zero-order chi connectivity index (χ0) is 15.9. The van der Waals surface area contributed by atoms with Gasteiger partial charge in [0.1, 0.15) is 0 Å². The Bertz CT molecular complexity index is 532. The van der Waals surface area contributed by atoms with Crippen molar-refractivity contribution in [1.82, 2.24) is 15.5 Å². The van der Waals surface area contributed by atoms with E-state index >= 15 is 0 Å². The number of ether oxygens (including phenoxy) is 1. The number of fused-ring (bicyclic) bond motifs is 1. The highest BCUT2D eigenvalue weighted by molar-refractivity contribution is 14.0. The van der Waals surface area contributed by atoms with Gasteiger partial charge in [0.25, 0.3) is 0 Å². The fourth-order valence-electron chi connectivity index (χ4n) is 3.31. The van der Waals surface area contributed by atoms with Crippen LogP contribution in [-0.4, -0.2) is 56.8 Å². The van der Waals surface area contributed by atoms with Crippen LogP contribution in [0.3, 0.4) is 0 Å². The zero-order valence-corrected chi connectivity index (χ0v) is 16.8. The highest BCUT2D eigenvalue weighted by Gasteiger charge is 2.16. The monoisotopic (exact) mass is 444 g/mol. The average molecular weight is 444 g/mol. The molecule has 1 atom stereocenters. The molecule has 2 aliphatic heterocycles. The van der Waals surface area contributed by atoms with Crippen LogP contribution < -0.4 is 10.6 Å². The molecule has 1 aromatic rings. The smallest absolute Gasteiger partial charge is 0.191 e. The molecule has 3 rings (SSSR count). The molecule has 0 bridgehead atoms. The van der Waals surface area contributed by atoms with Crippen LogP contribution in [-0.2, 0) is 17.7 Å². The molecule has 1 fully saturated rings. The third kappa shape index (κ3) is 5.60. The van der Waals surface area contributed by atoms with Gasteiger partial charge in [-0.3, -0.25) is 9.89 Å². The lowest BCUT2D eigenvalue weighted by Gasteiger charge is -2.29. The molecule has 0 aliphatic carbocycles. The quantitative estimate of drug-likeness (QED) is 0.415. The molecule has 1 aromatic carbocycles. The fourth-order valence-corrected chi connectivity index (χ4v) is 3.31. The normalized spacial score (nSPS) is 21.0. The van der Waals surface area contributed by atoms with Crippen molar-refractivity contribution in [3.63, 3.8) is 0 Å². The van der Waals surface area contributed by atoms with Gasteiger partial charge in [0.2, 0.25) is 0 Å². The summed E-state index contributed by atoms with van der Waals surface area (Å²) in [6, 6.07) is 8.77. The van der Waals surface area contributed by atoms with E-state index in [4.69, 9.17) is 4.74 Å². The van der Waals surface area contributed by atoms with Crippen LogP contribution in [0.2, 0.25) is 0 Å². The predicted molar refractivity (Wildman–Crippen MR) is 109 cm³/mol. The molecule has 5 nitrogen and oxygen atoms in total. The van der Waals surface area contributed by atoms with Crippen molar-refractivity contribution in [2.45, 2.75) is 31.9 Å². The fraction of sp³-hybridized carbons (Fsp3) is 0.611. The first kappa shape index (κ1) is 19.5.